The van der Waals surface area contributed by atoms with E-state index in [2.05, 4.69) is 24.1 Å². The first kappa shape index (κ1) is 18.6. The fraction of sp³-hybridized carbons (Fsp3) is 0.632. The van der Waals surface area contributed by atoms with Crippen molar-refractivity contribution < 1.29 is 9.53 Å². The van der Waals surface area contributed by atoms with Gasteiger partial charge in [-0.3, -0.25) is 4.79 Å². The number of anilines is 2. The molecule has 0 atom stereocenters. The van der Waals surface area contributed by atoms with Crippen LogP contribution in [0.4, 0.5) is 11.4 Å². The number of piperazine rings is 1. The lowest BCUT2D eigenvalue weighted by atomic mass is 9.92. The number of benzene rings is 1. The lowest BCUT2D eigenvalue weighted by Crippen LogP contribution is -2.44. The summed E-state index contributed by atoms with van der Waals surface area (Å²) in [6, 6.07) is 0. The number of hydrogen-bond acceptors (Lipinski definition) is 5. The van der Waals surface area contributed by atoms with Crippen LogP contribution in [0.2, 0.25) is 0 Å². The summed E-state index contributed by atoms with van der Waals surface area (Å²) >= 11 is 0. The lowest BCUT2D eigenvalue weighted by Gasteiger charge is -2.34. The molecule has 3 N–H and O–H groups in total. The Hall–Kier alpha value is -1.75. The van der Waals surface area contributed by atoms with Gasteiger partial charge in [-0.1, -0.05) is 0 Å². The molecule has 2 rings (SSSR count). The van der Waals surface area contributed by atoms with Gasteiger partial charge in [0.05, 0.1) is 6.42 Å². The molecule has 0 aromatic heterocycles. The van der Waals surface area contributed by atoms with Crippen LogP contribution < -0.4 is 16.0 Å². The van der Waals surface area contributed by atoms with Crippen molar-refractivity contribution >= 4 is 17.3 Å². The van der Waals surface area contributed by atoms with E-state index in [1.165, 1.54) is 5.69 Å². The highest BCUT2D eigenvalue weighted by Gasteiger charge is 2.24. The highest BCUT2D eigenvalue weighted by Crippen LogP contribution is 2.36. The molecule has 0 radical (unpaired) electrons. The van der Waals surface area contributed by atoms with Crippen LogP contribution >= 0.6 is 0 Å². The van der Waals surface area contributed by atoms with Crippen molar-refractivity contribution in [1.29, 1.82) is 0 Å². The minimum atomic E-state index is -0.476. The van der Waals surface area contributed by atoms with Crippen molar-refractivity contribution in [3.63, 3.8) is 0 Å². The second-order valence-corrected chi connectivity index (χ2v) is 7.62. The molecule has 0 aliphatic carbocycles. The number of carbonyl (C=O) groups is 1. The van der Waals surface area contributed by atoms with Crippen molar-refractivity contribution in [3.8, 4) is 0 Å². The third kappa shape index (κ3) is 4.01. The molecule has 24 heavy (non-hydrogen) atoms. The fourth-order valence-corrected chi connectivity index (χ4v) is 3.43. The first-order chi connectivity index (χ1) is 11.1. The van der Waals surface area contributed by atoms with Gasteiger partial charge < -0.3 is 20.7 Å². The van der Waals surface area contributed by atoms with Crippen LogP contribution in [0.15, 0.2) is 0 Å². The molecule has 0 unspecified atom stereocenters. The van der Waals surface area contributed by atoms with Gasteiger partial charge in [0, 0.05) is 37.6 Å². The van der Waals surface area contributed by atoms with Crippen molar-refractivity contribution in [1.82, 2.24) is 5.32 Å². The third-order valence-electron chi connectivity index (χ3n) is 4.60. The summed E-state index contributed by atoms with van der Waals surface area (Å²) in [4.78, 5) is 14.7. The Balaban J connectivity index is 2.40. The molecular weight excluding hydrogens is 302 g/mol. The van der Waals surface area contributed by atoms with E-state index in [0.29, 0.717) is 0 Å². The summed E-state index contributed by atoms with van der Waals surface area (Å²) in [6.45, 7) is 15.7. The van der Waals surface area contributed by atoms with Crippen LogP contribution in [-0.2, 0) is 16.0 Å². The van der Waals surface area contributed by atoms with Crippen LogP contribution in [-0.4, -0.2) is 37.7 Å². The molecule has 1 aromatic rings. The monoisotopic (exact) mass is 333 g/mol. The quantitative estimate of drug-likeness (QED) is 0.657. The maximum absolute atomic E-state index is 12.3. The molecule has 1 saturated heterocycles. The standard InChI is InChI=1S/C19H31N3O2/c1-12-15(11-16(23)24-19(4,5)6)13(2)18(14(3)17(12)20)22-9-7-21-8-10-22/h21H,7-11,20H2,1-6H3. The number of nitrogens with two attached hydrogens (primary N) is 1. The summed E-state index contributed by atoms with van der Waals surface area (Å²) < 4.78 is 5.50. The van der Waals surface area contributed by atoms with E-state index in [0.717, 1.165) is 54.1 Å². The predicted octanol–water partition coefficient (Wildman–Crippen LogP) is 2.49. The zero-order chi connectivity index (χ0) is 18.1. The molecule has 1 aliphatic heterocycles. The smallest absolute Gasteiger partial charge is 0.310 e. The SMILES string of the molecule is Cc1c(N)c(C)c(N2CCNCC2)c(C)c1CC(=O)OC(C)(C)C. The zero-order valence-electron chi connectivity index (χ0n) is 15.9. The number of carbonyl (C=O) groups excluding carboxylic acids is 1. The zero-order valence-corrected chi connectivity index (χ0v) is 15.9. The van der Waals surface area contributed by atoms with Gasteiger partial charge in [-0.25, -0.2) is 0 Å². The Labute approximate surface area is 145 Å². The second kappa shape index (κ2) is 7.01. The average molecular weight is 333 g/mol. The number of rotatable bonds is 3. The number of nitrogen functional groups attached to an aromatic ring is 1. The maximum atomic E-state index is 12.3. The third-order valence-corrected chi connectivity index (χ3v) is 4.60. The number of hydrogen-bond donors (Lipinski definition) is 2. The molecule has 0 spiro atoms. The molecule has 5 heteroatoms. The molecule has 0 bridgehead atoms. The van der Waals surface area contributed by atoms with Gasteiger partial charge in [-0.05, 0) is 63.8 Å². The molecular formula is C19H31N3O2. The van der Waals surface area contributed by atoms with Crippen molar-refractivity contribution in [2.75, 3.05) is 36.8 Å². The van der Waals surface area contributed by atoms with Crippen LogP contribution in [0.5, 0.6) is 0 Å². The van der Waals surface area contributed by atoms with Crippen LogP contribution in [0.1, 0.15) is 43.0 Å². The molecule has 0 saturated carbocycles. The highest BCUT2D eigenvalue weighted by molar-refractivity contribution is 5.80. The van der Waals surface area contributed by atoms with E-state index >= 15 is 0 Å². The van der Waals surface area contributed by atoms with Crippen LogP contribution in [0.3, 0.4) is 0 Å². The summed E-state index contributed by atoms with van der Waals surface area (Å²) in [5.41, 5.74) is 12.1. The maximum Gasteiger partial charge on any atom is 0.310 e. The average Bonchev–Trinajstić information content (AvgIpc) is 2.49. The number of nitrogens with zero attached hydrogens (tertiary/aromatic N) is 1. The van der Waals surface area contributed by atoms with Gasteiger partial charge in [0.25, 0.3) is 0 Å². The van der Waals surface area contributed by atoms with E-state index in [1.807, 2.05) is 27.7 Å². The summed E-state index contributed by atoms with van der Waals surface area (Å²) in [6.07, 6.45) is 0.262. The summed E-state index contributed by atoms with van der Waals surface area (Å²) in [5, 5.41) is 3.37. The molecule has 134 valence electrons. The van der Waals surface area contributed by atoms with Crippen LogP contribution in [0, 0.1) is 20.8 Å². The van der Waals surface area contributed by atoms with Gasteiger partial charge in [0.1, 0.15) is 5.60 Å². The number of esters is 1. The van der Waals surface area contributed by atoms with Crippen molar-refractivity contribution in [2.24, 2.45) is 0 Å². The molecule has 1 aliphatic rings. The molecule has 5 nitrogen and oxygen atoms in total. The second-order valence-electron chi connectivity index (χ2n) is 7.62. The summed E-state index contributed by atoms with van der Waals surface area (Å²) in [7, 11) is 0. The highest BCUT2D eigenvalue weighted by atomic mass is 16.6. The van der Waals surface area contributed by atoms with Gasteiger partial charge >= 0.3 is 5.97 Å². The minimum absolute atomic E-state index is 0.205. The van der Waals surface area contributed by atoms with Crippen molar-refractivity contribution in [2.45, 2.75) is 53.6 Å². The molecule has 1 heterocycles. The first-order valence-electron chi connectivity index (χ1n) is 8.67. The Morgan fingerprint density at radius 3 is 2.25 bits per heavy atom. The molecule has 1 fully saturated rings. The Morgan fingerprint density at radius 1 is 1.12 bits per heavy atom. The van der Waals surface area contributed by atoms with E-state index in [4.69, 9.17) is 10.5 Å². The minimum Gasteiger partial charge on any atom is -0.460 e. The number of nitrogens with one attached hydrogen (secondary N) is 1. The van der Waals surface area contributed by atoms with E-state index in [9.17, 15) is 4.79 Å². The Morgan fingerprint density at radius 2 is 1.71 bits per heavy atom. The van der Waals surface area contributed by atoms with Gasteiger partial charge in [0.2, 0.25) is 0 Å². The Kier molecular flexibility index (Phi) is 5.43. The van der Waals surface area contributed by atoms with Gasteiger partial charge in [0.15, 0.2) is 0 Å². The molecule has 1 aromatic carbocycles. The lowest BCUT2D eigenvalue weighted by molar-refractivity contribution is -0.153. The summed E-state index contributed by atoms with van der Waals surface area (Å²) in [5.74, 6) is -0.205. The van der Waals surface area contributed by atoms with Crippen LogP contribution in [0.25, 0.3) is 0 Å². The largest absolute Gasteiger partial charge is 0.460 e. The van der Waals surface area contributed by atoms with Gasteiger partial charge in [-0.15, -0.1) is 0 Å². The van der Waals surface area contributed by atoms with Crippen molar-refractivity contribution in [3.05, 3.63) is 22.3 Å². The first-order valence-corrected chi connectivity index (χ1v) is 8.67. The van der Waals surface area contributed by atoms with E-state index < -0.39 is 5.60 Å². The Bertz CT molecular complexity index is 627. The van der Waals surface area contributed by atoms with E-state index in [1.54, 1.807) is 0 Å². The van der Waals surface area contributed by atoms with Gasteiger partial charge in [-0.2, -0.15) is 0 Å². The normalized spacial score (nSPS) is 15.5. The van der Waals surface area contributed by atoms with E-state index in [-0.39, 0.29) is 12.4 Å². The fourth-order valence-electron chi connectivity index (χ4n) is 3.43. The molecule has 0 amide bonds. The predicted molar refractivity (Wildman–Crippen MR) is 99.7 cm³/mol. The topological polar surface area (TPSA) is 67.6 Å². The number of ether oxygens (including phenoxy) is 1.